The lowest BCUT2D eigenvalue weighted by Crippen LogP contribution is -2.39. The molecule has 4 heterocycles. The molecule has 2 aromatic heterocycles. The van der Waals surface area contributed by atoms with E-state index in [0.29, 0.717) is 66.9 Å². The maximum Gasteiger partial charge on any atom is 0.295 e. The van der Waals surface area contributed by atoms with Crippen molar-refractivity contribution in [3.8, 4) is 11.5 Å². The van der Waals surface area contributed by atoms with Crippen LogP contribution in [-0.4, -0.2) is 89.1 Å². The second-order valence-electron chi connectivity index (χ2n) is 10.4. The van der Waals surface area contributed by atoms with Gasteiger partial charge in [0.25, 0.3) is 11.7 Å². The highest BCUT2D eigenvalue weighted by molar-refractivity contribution is 6.46. The molecule has 10 nitrogen and oxygen atoms in total. The molecule has 41 heavy (non-hydrogen) atoms. The Morgan fingerprint density at radius 1 is 1.10 bits per heavy atom. The molecule has 2 aliphatic heterocycles. The summed E-state index contributed by atoms with van der Waals surface area (Å²) in [7, 11) is 1.56. The molecule has 0 radical (unpaired) electrons. The van der Waals surface area contributed by atoms with Crippen molar-refractivity contribution in [3.63, 3.8) is 0 Å². The van der Waals surface area contributed by atoms with Gasteiger partial charge in [-0.05, 0) is 49.6 Å². The molecule has 1 atom stereocenters. The molecule has 2 saturated heterocycles. The van der Waals surface area contributed by atoms with E-state index in [-0.39, 0.29) is 11.3 Å². The van der Waals surface area contributed by atoms with Crippen LogP contribution >= 0.6 is 0 Å². The number of aliphatic hydroxyl groups is 1. The number of imidazole rings is 1. The fraction of sp³-hybridized carbons (Fsp3) is 0.452. The largest absolute Gasteiger partial charge is 0.505 e. The van der Waals surface area contributed by atoms with Crippen LogP contribution < -0.4 is 9.47 Å². The number of unbranched alkanes of at least 4 members (excludes halogenated alkanes) is 1. The van der Waals surface area contributed by atoms with Crippen LogP contribution in [0.25, 0.3) is 11.4 Å². The number of carbonyl (C=O) groups is 2. The molecule has 10 heteroatoms. The minimum atomic E-state index is -0.799. The van der Waals surface area contributed by atoms with Gasteiger partial charge in [0.15, 0.2) is 17.3 Å². The zero-order valence-corrected chi connectivity index (χ0v) is 24.0. The van der Waals surface area contributed by atoms with Gasteiger partial charge in [-0.1, -0.05) is 25.5 Å². The average Bonchev–Trinajstić information content (AvgIpc) is 3.46. The fourth-order valence-electron chi connectivity index (χ4n) is 5.57. The van der Waals surface area contributed by atoms with Crippen LogP contribution in [0.5, 0.6) is 11.5 Å². The van der Waals surface area contributed by atoms with E-state index in [1.807, 2.05) is 24.3 Å². The van der Waals surface area contributed by atoms with Crippen molar-refractivity contribution >= 4 is 23.1 Å². The number of Topliss-reactive ketones (excluding diaryl/α,β-unsaturated/α-hetero) is 1. The van der Waals surface area contributed by atoms with Gasteiger partial charge >= 0.3 is 0 Å². The summed E-state index contributed by atoms with van der Waals surface area (Å²) in [5, 5.41) is 11.7. The molecule has 5 rings (SSSR count). The van der Waals surface area contributed by atoms with Crippen molar-refractivity contribution in [3.05, 3.63) is 65.1 Å². The number of benzene rings is 1. The van der Waals surface area contributed by atoms with E-state index in [4.69, 9.17) is 14.2 Å². The molecule has 1 aromatic carbocycles. The molecular formula is C31H38N4O6. The van der Waals surface area contributed by atoms with Crippen molar-refractivity contribution < 1.29 is 28.9 Å². The van der Waals surface area contributed by atoms with Crippen LogP contribution in [0.1, 0.15) is 49.2 Å². The van der Waals surface area contributed by atoms with Crippen LogP contribution in [0.4, 0.5) is 0 Å². The summed E-state index contributed by atoms with van der Waals surface area (Å²) in [6.45, 7) is 8.62. The first-order valence-electron chi connectivity index (χ1n) is 14.3. The Morgan fingerprint density at radius 2 is 1.90 bits per heavy atom. The lowest BCUT2D eigenvalue weighted by molar-refractivity contribution is -0.140. The number of rotatable bonds is 11. The van der Waals surface area contributed by atoms with Crippen LogP contribution in [0, 0.1) is 6.92 Å². The molecule has 218 valence electrons. The lowest BCUT2D eigenvalue weighted by Gasteiger charge is -2.29. The summed E-state index contributed by atoms with van der Waals surface area (Å²) in [6, 6.07) is 10.1. The van der Waals surface area contributed by atoms with Crippen molar-refractivity contribution in [2.75, 3.05) is 53.1 Å². The van der Waals surface area contributed by atoms with E-state index >= 15 is 0 Å². The number of amides is 1. The average molecular weight is 563 g/mol. The number of fused-ring (bicyclic) bond motifs is 1. The molecular weight excluding hydrogens is 524 g/mol. The molecule has 3 aromatic rings. The summed E-state index contributed by atoms with van der Waals surface area (Å²) in [4.78, 5) is 35.6. The number of ketones is 1. The Morgan fingerprint density at radius 3 is 2.66 bits per heavy atom. The van der Waals surface area contributed by atoms with E-state index in [1.54, 1.807) is 41.7 Å². The van der Waals surface area contributed by atoms with Crippen LogP contribution in [0.2, 0.25) is 0 Å². The zero-order chi connectivity index (χ0) is 28.9. The highest BCUT2D eigenvalue weighted by Crippen LogP contribution is 2.42. The molecule has 1 amide bonds. The summed E-state index contributed by atoms with van der Waals surface area (Å²) in [5.74, 6) is -0.504. The smallest absolute Gasteiger partial charge is 0.295 e. The van der Waals surface area contributed by atoms with Gasteiger partial charge in [-0.15, -0.1) is 0 Å². The van der Waals surface area contributed by atoms with E-state index in [1.165, 1.54) is 0 Å². The van der Waals surface area contributed by atoms with Crippen molar-refractivity contribution in [1.82, 2.24) is 19.2 Å². The molecule has 0 bridgehead atoms. The second kappa shape index (κ2) is 12.7. The normalized spacial score (nSPS) is 19.3. The lowest BCUT2D eigenvalue weighted by atomic mass is 9.95. The number of methoxy groups -OCH3 is 1. The number of morpholine rings is 1. The number of hydrogen-bond acceptors (Lipinski definition) is 8. The van der Waals surface area contributed by atoms with E-state index in [2.05, 4.69) is 16.8 Å². The Kier molecular flexibility index (Phi) is 8.90. The second-order valence-corrected chi connectivity index (χ2v) is 10.4. The highest BCUT2D eigenvalue weighted by atomic mass is 16.5. The van der Waals surface area contributed by atoms with Crippen molar-refractivity contribution in [2.24, 2.45) is 0 Å². The number of ether oxygens (including phenoxy) is 3. The van der Waals surface area contributed by atoms with Crippen molar-refractivity contribution in [2.45, 2.75) is 39.2 Å². The molecule has 0 saturated carbocycles. The van der Waals surface area contributed by atoms with Gasteiger partial charge in [0, 0.05) is 32.4 Å². The number of pyridine rings is 1. The van der Waals surface area contributed by atoms with Crippen LogP contribution in [0.15, 0.2) is 48.2 Å². The van der Waals surface area contributed by atoms with Gasteiger partial charge in [-0.25, -0.2) is 4.98 Å². The minimum absolute atomic E-state index is 0.0387. The molecule has 0 spiro atoms. The Balaban J connectivity index is 1.55. The number of nitrogens with zero attached hydrogens (tertiary/aromatic N) is 4. The Labute approximate surface area is 240 Å². The highest BCUT2D eigenvalue weighted by Gasteiger charge is 2.46. The van der Waals surface area contributed by atoms with Crippen LogP contribution in [-0.2, 0) is 14.3 Å². The maximum absolute atomic E-state index is 13.6. The predicted molar refractivity (Wildman–Crippen MR) is 154 cm³/mol. The first kappa shape index (κ1) is 28.6. The number of likely N-dealkylation sites (tertiary alicyclic amines) is 1. The van der Waals surface area contributed by atoms with Crippen molar-refractivity contribution in [1.29, 1.82) is 0 Å². The van der Waals surface area contributed by atoms with E-state index in [9.17, 15) is 14.7 Å². The fourth-order valence-corrected chi connectivity index (χ4v) is 5.57. The summed E-state index contributed by atoms with van der Waals surface area (Å²) >= 11 is 0. The molecule has 2 fully saturated rings. The third kappa shape index (κ3) is 5.80. The first-order chi connectivity index (χ1) is 19.9. The zero-order valence-electron chi connectivity index (χ0n) is 24.0. The van der Waals surface area contributed by atoms with E-state index in [0.717, 1.165) is 32.5 Å². The molecule has 2 aliphatic rings. The van der Waals surface area contributed by atoms with Gasteiger partial charge in [0.2, 0.25) is 0 Å². The Hall–Kier alpha value is -3.89. The summed E-state index contributed by atoms with van der Waals surface area (Å²) in [6.07, 6.45) is 4.37. The predicted octanol–water partition coefficient (Wildman–Crippen LogP) is 3.97. The number of aromatic nitrogens is 2. The van der Waals surface area contributed by atoms with Gasteiger partial charge < -0.3 is 24.2 Å². The van der Waals surface area contributed by atoms with E-state index < -0.39 is 17.7 Å². The monoisotopic (exact) mass is 562 g/mol. The molecule has 1 N–H and O–H groups in total. The number of aliphatic hydroxyl groups excluding tert-OH is 1. The van der Waals surface area contributed by atoms with Gasteiger partial charge in [0.1, 0.15) is 11.3 Å². The third-order valence-electron chi connectivity index (χ3n) is 7.70. The summed E-state index contributed by atoms with van der Waals surface area (Å²) < 4.78 is 18.8. The van der Waals surface area contributed by atoms with Crippen LogP contribution in [0.3, 0.4) is 0 Å². The third-order valence-corrected chi connectivity index (χ3v) is 7.70. The number of carbonyl (C=O) groups excluding carboxylic acids is 2. The Bertz CT molecular complexity index is 1440. The number of aryl methyl sites for hydroxylation is 1. The number of hydrogen-bond donors (Lipinski definition) is 1. The summed E-state index contributed by atoms with van der Waals surface area (Å²) in [5.41, 5.74) is 2.28. The first-order valence-corrected chi connectivity index (χ1v) is 14.3. The standard InChI is InChI=1S/C31H38N4O6/c1-4-5-17-41-23-11-10-22(20-24(23)39-3)28-26(29(36)27-21(2)32-25-9-6-7-13-34(25)27)30(37)31(38)35(28)14-8-12-33-15-18-40-19-16-33/h6-7,9-11,13,20,28,36H,4-5,8,12,14-19H2,1-3H3/b29-26+. The quantitative estimate of drug-likeness (QED) is 0.162. The topological polar surface area (TPSA) is 106 Å². The maximum atomic E-state index is 13.6. The molecule has 0 aliphatic carbocycles. The van der Waals surface area contributed by atoms with Gasteiger partial charge in [0.05, 0.1) is 44.2 Å². The van der Waals surface area contributed by atoms with Gasteiger partial charge in [-0.3, -0.25) is 18.9 Å². The SMILES string of the molecule is CCCCOc1ccc(C2/C(=C(\O)c3c(C)nc4ccccn34)C(=O)C(=O)N2CCCN2CCOCC2)cc1OC. The van der Waals surface area contributed by atoms with Gasteiger partial charge in [-0.2, -0.15) is 0 Å². The minimum Gasteiger partial charge on any atom is -0.505 e. The molecule has 1 unspecified atom stereocenters.